The van der Waals surface area contributed by atoms with Crippen molar-refractivity contribution in [3.8, 4) is 5.75 Å². The quantitative estimate of drug-likeness (QED) is 0.790. The van der Waals surface area contributed by atoms with Crippen molar-refractivity contribution in [3.63, 3.8) is 0 Å². The van der Waals surface area contributed by atoms with E-state index in [1.165, 1.54) is 20.3 Å². The first-order valence-electron chi connectivity index (χ1n) is 6.58. The molecule has 0 fully saturated rings. The Morgan fingerprint density at radius 1 is 0.955 bits per heavy atom. The van der Waals surface area contributed by atoms with Crippen LogP contribution in [-0.4, -0.2) is 26.2 Å². The lowest BCUT2D eigenvalue weighted by molar-refractivity contribution is 0.0557. The Morgan fingerprint density at radius 3 is 2.18 bits per heavy atom. The van der Waals surface area contributed by atoms with E-state index >= 15 is 0 Å². The van der Waals surface area contributed by atoms with Gasteiger partial charge in [0.15, 0.2) is 6.10 Å². The van der Waals surface area contributed by atoms with Gasteiger partial charge in [0.1, 0.15) is 11.5 Å². The van der Waals surface area contributed by atoms with Crippen molar-refractivity contribution in [1.29, 1.82) is 0 Å². The summed E-state index contributed by atoms with van der Waals surface area (Å²) in [6.07, 6.45) is -0.401. The number of esters is 2. The second-order valence-electron chi connectivity index (χ2n) is 4.47. The summed E-state index contributed by atoms with van der Waals surface area (Å²) in [5, 5.41) is 0. The zero-order valence-electron chi connectivity index (χ0n) is 12.5. The van der Waals surface area contributed by atoms with E-state index in [4.69, 9.17) is 9.15 Å². The summed E-state index contributed by atoms with van der Waals surface area (Å²) in [6, 6.07) is 9.72. The smallest absolute Gasteiger partial charge is 0.373 e. The number of hydrogen-bond acceptors (Lipinski definition) is 6. The number of hydrogen-bond donors (Lipinski definition) is 0. The Kier molecular flexibility index (Phi) is 4.83. The lowest BCUT2D eigenvalue weighted by Crippen LogP contribution is -2.04. The molecule has 1 heterocycles. The minimum Gasteiger partial charge on any atom is -0.483 e. The Hall–Kier alpha value is -2.76. The van der Waals surface area contributed by atoms with Crippen LogP contribution in [0.5, 0.6) is 5.75 Å². The molecule has 0 amide bonds. The maximum Gasteiger partial charge on any atom is 0.373 e. The van der Waals surface area contributed by atoms with Crippen molar-refractivity contribution in [2.24, 2.45) is 0 Å². The highest BCUT2D eigenvalue weighted by Crippen LogP contribution is 2.24. The van der Waals surface area contributed by atoms with E-state index in [1.807, 2.05) is 0 Å². The highest BCUT2D eigenvalue weighted by atomic mass is 16.5. The third-order valence-electron chi connectivity index (χ3n) is 3.00. The summed E-state index contributed by atoms with van der Waals surface area (Å²) < 4.78 is 20.3. The van der Waals surface area contributed by atoms with Crippen LogP contribution < -0.4 is 4.74 Å². The molecule has 0 spiro atoms. The zero-order valence-corrected chi connectivity index (χ0v) is 12.5. The SMILES string of the molecule is COC(=O)c1ccc(OC(C)c2ccc(C(=O)OC)o2)cc1. The van der Waals surface area contributed by atoms with Gasteiger partial charge in [-0.3, -0.25) is 0 Å². The van der Waals surface area contributed by atoms with Crippen LogP contribution in [0, 0.1) is 0 Å². The summed E-state index contributed by atoms with van der Waals surface area (Å²) in [5.74, 6) is 0.233. The normalized spacial score (nSPS) is 11.6. The summed E-state index contributed by atoms with van der Waals surface area (Å²) in [6.45, 7) is 1.79. The average Bonchev–Trinajstić information content (AvgIpc) is 3.04. The van der Waals surface area contributed by atoms with E-state index in [2.05, 4.69) is 9.47 Å². The molecule has 2 rings (SSSR count). The third kappa shape index (κ3) is 3.46. The fraction of sp³-hybridized carbons (Fsp3) is 0.250. The van der Waals surface area contributed by atoms with E-state index in [-0.39, 0.29) is 5.76 Å². The molecule has 116 valence electrons. The van der Waals surface area contributed by atoms with Gasteiger partial charge < -0.3 is 18.6 Å². The summed E-state index contributed by atoms with van der Waals surface area (Å²) in [7, 11) is 2.61. The average molecular weight is 304 g/mol. The summed E-state index contributed by atoms with van der Waals surface area (Å²) >= 11 is 0. The van der Waals surface area contributed by atoms with Crippen molar-refractivity contribution in [2.75, 3.05) is 14.2 Å². The largest absolute Gasteiger partial charge is 0.483 e. The van der Waals surface area contributed by atoms with E-state index in [9.17, 15) is 9.59 Å². The number of methoxy groups -OCH3 is 2. The Labute approximate surface area is 127 Å². The molecular formula is C16H16O6. The van der Waals surface area contributed by atoms with Crippen LogP contribution >= 0.6 is 0 Å². The van der Waals surface area contributed by atoms with E-state index < -0.39 is 18.0 Å². The second kappa shape index (κ2) is 6.80. The fourth-order valence-corrected chi connectivity index (χ4v) is 1.83. The topological polar surface area (TPSA) is 75.0 Å². The van der Waals surface area contributed by atoms with Gasteiger partial charge in [-0.1, -0.05) is 0 Å². The number of rotatable bonds is 5. The van der Waals surface area contributed by atoms with Crippen molar-refractivity contribution in [3.05, 3.63) is 53.5 Å². The van der Waals surface area contributed by atoms with Gasteiger partial charge in [0.2, 0.25) is 5.76 Å². The molecule has 6 heteroatoms. The standard InChI is InChI=1S/C16H16O6/c1-10(13-8-9-14(22-13)16(18)20-3)21-12-6-4-11(5-7-12)15(17)19-2/h4-10H,1-3H3. The number of carbonyl (C=O) groups excluding carboxylic acids is 2. The van der Waals surface area contributed by atoms with Crippen LogP contribution in [0.2, 0.25) is 0 Å². The van der Waals surface area contributed by atoms with Gasteiger partial charge in [0.05, 0.1) is 19.8 Å². The van der Waals surface area contributed by atoms with Gasteiger partial charge in [-0.25, -0.2) is 9.59 Å². The van der Waals surface area contributed by atoms with Crippen LogP contribution in [0.3, 0.4) is 0 Å². The van der Waals surface area contributed by atoms with Crippen molar-refractivity contribution < 1.29 is 28.2 Å². The molecule has 0 aliphatic rings. The predicted molar refractivity (Wildman–Crippen MR) is 76.9 cm³/mol. The van der Waals surface area contributed by atoms with Gasteiger partial charge in [-0.2, -0.15) is 0 Å². The van der Waals surface area contributed by atoms with Gasteiger partial charge in [0, 0.05) is 0 Å². The second-order valence-corrected chi connectivity index (χ2v) is 4.47. The Bertz CT molecular complexity index is 656. The molecule has 0 N–H and O–H groups in total. The molecule has 6 nitrogen and oxygen atoms in total. The molecule has 1 atom stereocenters. The molecule has 1 aromatic heterocycles. The van der Waals surface area contributed by atoms with Crippen molar-refractivity contribution >= 4 is 11.9 Å². The lowest BCUT2D eigenvalue weighted by atomic mass is 10.2. The summed E-state index contributed by atoms with van der Waals surface area (Å²) in [5.41, 5.74) is 0.438. The predicted octanol–water partition coefficient (Wildman–Crippen LogP) is 2.99. The maximum atomic E-state index is 11.3. The first-order chi connectivity index (χ1) is 10.5. The van der Waals surface area contributed by atoms with Crippen LogP contribution in [0.1, 0.15) is 39.7 Å². The van der Waals surface area contributed by atoms with E-state index in [0.29, 0.717) is 17.1 Å². The number of carbonyl (C=O) groups is 2. The molecule has 1 aromatic carbocycles. The van der Waals surface area contributed by atoms with Crippen LogP contribution in [0.15, 0.2) is 40.8 Å². The Balaban J connectivity index is 2.05. The molecule has 0 saturated carbocycles. The van der Waals surface area contributed by atoms with Gasteiger partial charge in [0.25, 0.3) is 0 Å². The third-order valence-corrected chi connectivity index (χ3v) is 3.00. The highest BCUT2D eigenvalue weighted by molar-refractivity contribution is 5.89. The van der Waals surface area contributed by atoms with Crippen LogP contribution in [0.25, 0.3) is 0 Å². The minimum absolute atomic E-state index is 0.119. The van der Waals surface area contributed by atoms with Crippen molar-refractivity contribution in [1.82, 2.24) is 0 Å². The van der Waals surface area contributed by atoms with Gasteiger partial charge >= 0.3 is 11.9 Å². The molecule has 1 unspecified atom stereocenters. The molecule has 2 aromatic rings. The molecule has 0 radical (unpaired) electrons. The molecular weight excluding hydrogens is 288 g/mol. The number of ether oxygens (including phenoxy) is 3. The van der Waals surface area contributed by atoms with Gasteiger partial charge in [-0.15, -0.1) is 0 Å². The minimum atomic E-state index is -0.541. The lowest BCUT2D eigenvalue weighted by Gasteiger charge is -2.12. The van der Waals surface area contributed by atoms with Gasteiger partial charge in [-0.05, 0) is 43.3 Å². The molecule has 0 bridgehead atoms. The molecule has 22 heavy (non-hydrogen) atoms. The van der Waals surface area contributed by atoms with E-state index in [0.717, 1.165) is 0 Å². The monoisotopic (exact) mass is 304 g/mol. The molecule has 0 saturated heterocycles. The first-order valence-corrected chi connectivity index (χ1v) is 6.58. The maximum absolute atomic E-state index is 11.3. The zero-order chi connectivity index (χ0) is 16.1. The number of furan rings is 1. The summed E-state index contributed by atoms with van der Waals surface area (Å²) in [4.78, 5) is 22.7. The van der Waals surface area contributed by atoms with Crippen molar-refractivity contribution in [2.45, 2.75) is 13.0 Å². The van der Waals surface area contributed by atoms with E-state index in [1.54, 1.807) is 37.3 Å². The number of benzene rings is 1. The first kappa shape index (κ1) is 15.6. The fourth-order valence-electron chi connectivity index (χ4n) is 1.83. The Morgan fingerprint density at radius 2 is 1.59 bits per heavy atom. The van der Waals surface area contributed by atoms with Crippen LogP contribution in [0.4, 0.5) is 0 Å². The molecule has 0 aliphatic heterocycles. The highest BCUT2D eigenvalue weighted by Gasteiger charge is 2.16. The molecule has 0 aliphatic carbocycles. The van der Waals surface area contributed by atoms with Crippen LogP contribution in [-0.2, 0) is 9.47 Å².